The quantitative estimate of drug-likeness (QED) is 0.531. The Hall–Kier alpha value is 0.832. The summed E-state index contributed by atoms with van der Waals surface area (Å²) >= 11 is 0. The maximum Gasteiger partial charge on any atom is 0 e. The SMILES string of the molecule is F.F.O.O.[U]. The zero-order valence-electron chi connectivity index (χ0n) is 2.32. The Morgan fingerprint density at radius 3 is 0.600 bits per heavy atom. The van der Waals surface area contributed by atoms with Gasteiger partial charge in [0.1, 0.15) is 0 Å². The largest absolute Gasteiger partial charge is 0.412 e. The molecule has 4 N–H and O–H groups in total. The Balaban J connectivity index is 0. The molecule has 0 radical (unpaired) electrons. The molecule has 0 atom stereocenters. The molecular formula is H6F2O2U. The topological polar surface area (TPSA) is 63.0 Å². The molecule has 0 saturated heterocycles. The third kappa shape index (κ3) is 56.0. The molecule has 0 aliphatic heterocycles. The van der Waals surface area contributed by atoms with Crippen molar-refractivity contribution in [3.63, 3.8) is 0 Å². The summed E-state index contributed by atoms with van der Waals surface area (Å²) in [6, 6.07) is 0. The van der Waals surface area contributed by atoms with E-state index in [-0.39, 0.29) is 51.5 Å². The van der Waals surface area contributed by atoms with E-state index in [1.165, 1.54) is 0 Å². The van der Waals surface area contributed by atoms with Crippen LogP contribution in [0.1, 0.15) is 0 Å². The van der Waals surface area contributed by atoms with Gasteiger partial charge in [-0.2, -0.15) is 0 Å². The average Bonchev–Trinajstić information content (AvgIpc) is 0. The zero-order chi connectivity index (χ0) is 0. The van der Waals surface area contributed by atoms with Gasteiger partial charge < -0.3 is 11.0 Å². The van der Waals surface area contributed by atoms with Crippen LogP contribution in [0.2, 0.25) is 0 Å². The van der Waals surface area contributed by atoms with Crippen molar-refractivity contribution in [1.82, 2.24) is 0 Å². The van der Waals surface area contributed by atoms with E-state index in [2.05, 4.69) is 0 Å². The van der Waals surface area contributed by atoms with Crippen molar-refractivity contribution in [2.75, 3.05) is 0 Å². The van der Waals surface area contributed by atoms with Crippen LogP contribution in [0.15, 0.2) is 0 Å². The molecule has 36 valence electrons. The Labute approximate surface area is 51.7 Å². The van der Waals surface area contributed by atoms with Crippen LogP contribution in [0.5, 0.6) is 0 Å². The molecule has 0 aliphatic carbocycles. The molecule has 0 amide bonds. The van der Waals surface area contributed by atoms with Crippen LogP contribution in [-0.4, -0.2) is 11.0 Å². The standard InChI is InChI=1S/2FH.2H2O.U/h2*1H;2*1H2;. The van der Waals surface area contributed by atoms with Crippen molar-refractivity contribution in [3.05, 3.63) is 0 Å². The number of rotatable bonds is 0. The van der Waals surface area contributed by atoms with Gasteiger partial charge in [-0.1, -0.05) is 0 Å². The molecule has 0 unspecified atom stereocenters. The van der Waals surface area contributed by atoms with E-state index in [1.54, 1.807) is 0 Å². The maximum absolute atomic E-state index is 0. The molecule has 5 heavy (non-hydrogen) atoms. The Morgan fingerprint density at radius 1 is 0.600 bits per heavy atom. The van der Waals surface area contributed by atoms with Crippen LogP contribution in [0.4, 0.5) is 9.41 Å². The average molecular weight is 314 g/mol. The minimum atomic E-state index is 0. The van der Waals surface area contributed by atoms with Crippen LogP contribution >= 0.6 is 0 Å². The fourth-order valence-electron chi connectivity index (χ4n) is 0. The number of halogens is 2. The first-order valence-electron chi connectivity index (χ1n) is 0. The summed E-state index contributed by atoms with van der Waals surface area (Å²) in [5.41, 5.74) is 0. The molecular weight excluding hydrogens is 308 g/mol. The van der Waals surface area contributed by atoms with E-state index < -0.39 is 0 Å². The van der Waals surface area contributed by atoms with Gasteiger partial charge in [0.15, 0.2) is 0 Å². The van der Waals surface area contributed by atoms with Crippen LogP contribution < -0.4 is 0 Å². The first-order valence-corrected chi connectivity index (χ1v) is 0. The Kier molecular flexibility index (Phi) is 4030. The van der Waals surface area contributed by atoms with Crippen LogP contribution in [0.3, 0.4) is 0 Å². The van der Waals surface area contributed by atoms with Gasteiger partial charge in [0.2, 0.25) is 0 Å². The smallest absolute Gasteiger partial charge is 0 e. The van der Waals surface area contributed by atoms with Gasteiger partial charge in [0, 0.05) is 31.1 Å². The van der Waals surface area contributed by atoms with Crippen molar-refractivity contribution in [2.24, 2.45) is 0 Å². The molecule has 5 heteroatoms. The molecule has 0 fully saturated rings. The minimum absolute atomic E-state index is 0. The third-order valence-corrected chi connectivity index (χ3v) is 0. The van der Waals surface area contributed by atoms with Crippen LogP contribution in [0, 0.1) is 31.1 Å². The first-order chi connectivity index (χ1) is 0. The van der Waals surface area contributed by atoms with Crippen LogP contribution in [-0.2, 0) is 0 Å². The van der Waals surface area contributed by atoms with Crippen molar-refractivity contribution in [1.29, 1.82) is 0 Å². The fourth-order valence-corrected chi connectivity index (χ4v) is 0. The van der Waals surface area contributed by atoms with E-state index in [0.717, 1.165) is 0 Å². The van der Waals surface area contributed by atoms with Gasteiger partial charge in [0.25, 0.3) is 0 Å². The van der Waals surface area contributed by atoms with Crippen LogP contribution in [0.25, 0.3) is 0 Å². The molecule has 0 rings (SSSR count). The van der Waals surface area contributed by atoms with E-state index in [0.29, 0.717) is 0 Å². The summed E-state index contributed by atoms with van der Waals surface area (Å²) in [6.07, 6.45) is 0. The number of hydrogen-bond acceptors (Lipinski definition) is 0. The molecule has 0 aromatic rings. The number of hydrogen-bond donors (Lipinski definition) is 0. The van der Waals surface area contributed by atoms with Gasteiger partial charge in [-0.3, -0.25) is 9.41 Å². The van der Waals surface area contributed by atoms with Crippen molar-refractivity contribution in [3.8, 4) is 0 Å². The monoisotopic (exact) mass is 314 g/mol. The molecule has 0 aromatic carbocycles. The predicted molar refractivity (Wildman–Crippen MR) is 12.2 cm³/mol. The zero-order valence-corrected chi connectivity index (χ0v) is 6.48. The summed E-state index contributed by atoms with van der Waals surface area (Å²) in [4.78, 5) is 0. The van der Waals surface area contributed by atoms with Crippen molar-refractivity contribution in [2.45, 2.75) is 0 Å². The van der Waals surface area contributed by atoms with Crippen molar-refractivity contribution >= 4 is 0 Å². The van der Waals surface area contributed by atoms with Gasteiger partial charge in [-0.15, -0.1) is 0 Å². The van der Waals surface area contributed by atoms with Gasteiger partial charge >= 0.3 is 0 Å². The normalized spacial score (nSPS) is 0. The Bertz CT molecular complexity index is 7.61. The summed E-state index contributed by atoms with van der Waals surface area (Å²) in [5, 5.41) is 0. The maximum atomic E-state index is 0. The summed E-state index contributed by atoms with van der Waals surface area (Å²) in [7, 11) is 0. The summed E-state index contributed by atoms with van der Waals surface area (Å²) in [5.74, 6) is 0. The van der Waals surface area contributed by atoms with Crippen molar-refractivity contribution < 1.29 is 51.5 Å². The molecule has 2 nitrogen and oxygen atoms in total. The Morgan fingerprint density at radius 2 is 0.600 bits per heavy atom. The van der Waals surface area contributed by atoms with Gasteiger partial charge in [0.05, 0.1) is 0 Å². The molecule has 0 bridgehead atoms. The van der Waals surface area contributed by atoms with E-state index in [9.17, 15) is 0 Å². The second kappa shape index (κ2) is 103. The van der Waals surface area contributed by atoms with Gasteiger partial charge in [-0.25, -0.2) is 0 Å². The second-order valence-electron chi connectivity index (χ2n) is 0. The third-order valence-electron chi connectivity index (χ3n) is 0. The molecule has 0 spiro atoms. The molecule has 0 heterocycles. The predicted octanol–water partition coefficient (Wildman–Crippen LogP) is -1.34. The molecule has 0 saturated carbocycles. The van der Waals surface area contributed by atoms with Gasteiger partial charge in [-0.05, 0) is 0 Å². The first kappa shape index (κ1) is 197. The fraction of sp³-hybridized carbons (Fsp3) is 0. The summed E-state index contributed by atoms with van der Waals surface area (Å²) in [6.45, 7) is 0. The minimum Gasteiger partial charge on any atom is -0.412 e. The molecule has 0 aromatic heterocycles. The summed E-state index contributed by atoms with van der Waals surface area (Å²) < 4.78 is 0. The van der Waals surface area contributed by atoms with E-state index in [4.69, 9.17) is 0 Å². The molecule has 0 aliphatic rings. The second-order valence-corrected chi connectivity index (χ2v) is 0. The van der Waals surface area contributed by atoms with E-state index >= 15 is 0 Å². The van der Waals surface area contributed by atoms with E-state index in [1.807, 2.05) is 0 Å².